The number of fused-ring (bicyclic) bond motifs is 2. The van der Waals surface area contributed by atoms with Gasteiger partial charge in [0.05, 0.1) is 49.5 Å². The van der Waals surface area contributed by atoms with Gasteiger partial charge in [-0.25, -0.2) is 19.9 Å². The van der Waals surface area contributed by atoms with Crippen LogP contribution in [0, 0.1) is 0 Å². The molecule has 0 atom stereocenters. The lowest BCUT2D eigenvalue weighted by molar-refractivity contribution is 0.394. The van der Waals surface area contributed by atoms with Crippen molar-refractivity contribution < 1.29 is 27.4 Å². The topological polar surface area (TPSA) is 123 Å². The fourth-order valence-corrected chi connectivity index (χ4v) is 5.47. The molecule has 6 rings (SSSR count). The lowest BCUT2D eigenvalue weighted by Gasteiger charge is -2.15. The Bertz CT molecular complexity index is 2190. The lowest BCUT2D eigenvalue weighted by atomic mass is 10.0. The van der Waals surface area contributed by atoms with Gasteiger partial charge in [0.1, 0.15) is 23.0 Å². The molecule has 0 saturated carbocycles. The van der Waals surface area contributed by atoms with Crippen LogP contribution in [0.15, 0.2) is 73.1 Å². The minimum atomic E-state index is -3.72. The molecular formula is C32H24Cl6N4O6S. The Kier molecular flexibility index (Phi) is 13.2. The molecule has 2 aromatic heterocycles. The van der Waals surface area contributed by atoms with E-state index in [1.54, 1.807) is 32.7 Å². The summed E-state index contributed by atoms with van der Waals surface area (Å²) in [6.45, 7) is 0. The molecule has 0 saturated heterocycles. The molecule has 6 aromatic rings. The SMILES string of the molecule is COc1cc(OC)c(Cl)c(-c2ccc3nc(Cl)ncc3c2)c1Cl.COc1cc(OC)cc(-c2ccc3nc(Cl)ncc3c2)c1.O=S(=O)(Cl)Cl. The fraction of sp³-hybridized carbons (Fsp3) is 0.125. The third-order valence-corrected chi connectivity index (χ3v) is 7.76. The number of hydrogen-bond donors (Lipinski definition) is 0. The van der Waals surface area contributed by atoms with Crippen molar-refractivity contribution in [2.75, 3.05) is 28.4 Å². The second kappa shape index (κ2) is 16.9. The Morgan fingerprint density at radius 2 is 0.980 bits per heavy atom. The third kappa shape index (κ3) is 10.2. The minimum absolute atomic E-state index is 0.198. The number of halogens is 6. The lowest BCUT2D eigenvalue weighted by Crippen LogP contribution is -1.93. The normalized spacial score (nSPS) is 10.8. The van der Waals surface area contributed by atoms with Crippen molar-refractivity contribution in [3.8, 4) is 45.3 Å². The smallest absolute Gasteiger partial charge is 0.317 e. The van der Waals surface area contributed by atoms with Crippen molar-refractivity contribution in [2.45, 2.75) is 0 Å². The first-order chi connectivity index (χ1) is 23.2. The van der Waals surface area contributed by atoms with Crippen molar-refractivity contribution in [1.29, 1.82) is 0 Å². The van der Waals surface area contributed by atoms with Gasteiger partial charge in [-0.2, -0.15) is 8.42 Å². The van der Waals surface area contributed by atoms with Crippen molar-refractivity contribution in [1.82, 2.24) is 19.9 Å². The maximum Gasteiger partial charge on any atom is 0.317 e. The van der Waals surface area contributed by atoms with Crippen LogP contribution in [0.25, 0.3) is 44.1 Å². The highest BCUT2D eigenvalue weighted by Crippen LogP contribution is 2.46. The number of nitrogens with zero attached hydrogens (tertiary/aromatic N) is 4. The molecule has 256 valence electrons. The van der Waals surface area contributed by atoms with E-state index in [1.165, 1.54) is 14.2 Å². The Morgan fingerprint density at radius 1 is 0.551 bits per heavy atom. The molecule has 0 spiro atoms. The Balaban J connectivity index is 0.000000195. The zero-order chi connectivity index (χ0) is 35.9. The van der Waals surface area contributed by atoms with Crippen molar-refractivity contribution in [2.24, 2.45) is 0 Å². The summed E-state index contributed by atoms with van der Waals surface area (Å²) in [5.41, 5.74) is 5.01. The van der Waals surface area contributed by atoms with Crippen LogP contribution in [-0.4, -0.2) is 56.8 Å². The first-order valence-electron chi connectivity index (χ1n) is 13.6. The standard InChI is InChI=1S/C16H11Cl3N2O2.C16H13ClN2O2.Cl2O2S/c1-22-11-6-12(23-2)15(18)13(14(11)17)8-3-4-10-9(5-8)7-20-16(19)21-10;1-20-13-6-11(7-14(8-13)21-2)10-3-4-15-12(5-10)9-18-16(17)19-15;1-5(2,3)4/h3-7H,1-2H3;3-9H,1-2H3;. The van der Waals surface area contributed by atoms with Crippen LogP contribution < -0.4 is 18.9 Å². The molecule has 2 heterocycles. The highest BCUT2D eigenvalue weighted by molar-refractivity contribution is 8.31. The van der Waals surface area contributed by atoms with E-state index < -0.39 is 8.26 Å². The molecule has 0 amide bonds. The molecule has 0 radical (unpaired) electrons. The Morgan fingerprint density at radius 3 is 1.41 bits per heavy atom. The largest absolute Gasteiger partial charge is 0.497 e. The van der Waals surface area contributed by atoms with Crippen molar-refractivity contribution >= 4 is 97.8 Å². The van der Waals surface area contributed by atoms with Gasteiger partial charge in [0.25, 0.3) is 0 Å². The molecule has 4 aromatic carbocycles. The van der Waals surface area contributed by atoms with E-state index >= 15 is 0 Å². The first kappa shape index (κ1) is 38.3. The van der Waals surface area contributed by atoms with Gasteiger partial charge >= 0.3 is 8.26 Å². The van der Waals surface area contributed by atoms with Gasteiger partial charge in [-0.15, -0.1) is 0 Å². The summed E-state index contributed by atoms with van der Waals surface area (Å²) in [7, 11) is 11.2. The molecule has 0 bridgehead atoms. The quantitative estimate of drug-likeness (QED) is 0.119. The molecule has 0 unspecified atom stereocenters. The number of rotatable bonds is 6. The highest BCUT2D eigenvalue weighted by Gasteiger charge is 2.19. The molecular weight excluding hydrogens is 781 g/mol. The zero-order valence-corrected chi connectivity index (χ0v) is 31.2. The summed E-state index contributed by atoms with van der Waals surface area (Å²) in [6.07, 6.45) is 3.36. The molecule has 0 aliphatic heterocycles. The number of benzene rings is 4. The van der Waals surface area contributed by atoms with Gasteiger partial charge in [-0.1, -0.05) is 35.3 Å². The van der Waals surface area contributed by atoms with E-state index in [2.05, 4.69) is 41.3 Å². The second-order valence-electron chi connectivity index (χ2n) is 9.59. The maximum atomic E-state index is 9.16. The van der Waals surface area contributed by atoms with Crippen molar-refractivity contribution in [3.05, 3.63) is 93.7 Å². The molecule has 0 fully saturated rings. The van der Waals surface area contributed by atoms with Gasteiger partial charge in [-0.3, -0.25) is 0 Å². The van der Waals surface area contributed by atoms with Crippen molar-refractivity contribution in [3.63, 3.8) is 0 Å². The summed E-state index contributed by atoms with van der Waals surface area (Å²) in [5.74, 6) is 2.46. The van der Waals surface area contributed by atoms with E-state index in [0.717, 1.165) is 50.0 Å². The van der Waals surface area contributed by atoms with Crippen LogP contribution in [0.5, 0.6) is 23.0 Å². The molecule has 0 aliphatic carbocycles. The molecule has 0 aliphatic rings. The van der Waals surface area contributed by atoms with Gasteiger partial charge < -0.3 is 18.9 Å². The maximum absolute atomic E-state index is 9.16. The summed E-state index contributed by atoms with van der Waals surface area (Å²) in [4.78, 5) is 16.4. The Labute approximate surface area is 310 Å². The van der Waals surface area contributed by atoms with Gasteiger partial charge in [-0.05, 0) is 76.3 Å². The predicted molar refractivity (Wildman–Crippen MR) is 197 cm³/mol. The van der Waals surface area contributed by atoms with Crippen LogP contribution in [0.1, 0.15) is 0 Å². The van der Waals surface area contributed by atoms with E-state index in [-0.39, 0.29) is 10.6 Å². The summed E-state index contributed by atoms with van der Waals surface area (Å²) < 4.78 is 39.5. The van der Waals surface area contributed by atoms with Crippen LogP contribution >= 0.6 is 67.8 Å². The third-order valence-electron chi connectivity index (χ3n) is 6.65. The average Bonchev–Trinajstić information content (AvgIpc) is 3.07. The van der Waals surface area contributed by atoms with E-state index in [9.17, 15) is 0 Å². The van der Waals surface area contributed by atoms with E-state index in [1.807, 2.05) is 54.6 Å². The summed E-state index contributed by atoms with van der Waals surface area (Å²) in [5, 5.41) is 3.02. The van der Waals surface area contributed by atoms with Crippen LogP contribution in [0.2, 0.25) is 20.6 Å². The van der Waals surface area contributed by atoms with Gasteiger partial charge in [0.2, 0.25) is 10.6 Å². The molecule has 17 heteroatoms. The fourth-order valence-electron chi connectivity index (χ4n) is 4.47. The highest BCUT2D eigenvalue weighted by atomic mass is 36.0. The molecule has 49 heavy (non-hydrogen) atoms. The molecule has 0 N–H and O–H groups in total. The monoisotopic (exact) mass is 802 g/mol. The number of hydrogen-bond acceptors (Lipinski definition) is 10. The number of aromatic nitrogens is 4. The van der Waals surface area contributed by atoms with E-state index in [0.29, 0.717) is 27.1 Å². The first-order valence-corrected chi connectivity index (χ1v) is 18.2. The van der Waals surface area contributed by atoms with E-state index in [4.69, 9.17) is 73.8 Å². The van der Waals surface area contributed by atoms with Gasteiger partial charge in [0.15, 0.2) is 0 Å². The summed E-state index contributed by atoms with van der Waals surface area (Å²) >= 11 is 24.5. The zero-order valence-electron chi connectivity index (χ0n) is 25.8. The van der Waals surface area contributed by atoms with Crippen LogP contribution in [-0.2, 0) is 8.26 Å². The number of methoxy groups -OCH3 is 4. The average molecular weight is 805 g/mol. The minimum Gasteiger partial charge on any atom is -0.497 e. The second-order valence-corrected chi connectivity index (χ2v) is 14.7. The van der Waals surface area contributed by atoms with Crippen LogP contribution in [0.4, 0.5) is 0 Å². The molecule has 10 nitrogen and oxygen atoms in total. The summed E-state index contributed by atoms with van der Waals surface area (Å²) in [6, 6.07) is 18.9. The predicted octanol–water partition coefficient (Wildman–Crippen LogP) is 9.95. The van der Waals surface area contributed by atoms with Crippen LogP contribution in [0.3, 0.4) is 0 Å². The van der Waals surface area contributed by atoms with Gasteiger partial charge in [0, 0.05) is 62.2 Å². The Hall–Kier alpha value is -3.55. The number of ether oxygens (including phenoxy) is 4.